The van der Waals surface area contributed by atoms with Gasteiger partial charge in [0.25, 0.3) is 16.7 Å². The number of nitrogens with zero attached hydrogens (tertiary/aromatic N) is 4. The van der Waals surface area contributed by atoms with Gasteiger partial charge in [-0.05, 0) is 11.6 Å². The number of urea groups is 1. The zero-order valence-corrected chi connectivity index (χ0v) is 16.8. The van der Waals surface area contributed by atoms with Crippen LogP contribution in [0.25, 0.3) is 22.4 Å². The summed E-state index contributed by atoms with van der Waals surface area (Å²) in [4.78, 5) is 35.2. The lowest BCUT2D eigenvalue weighted by Crippen LogP contribution is -2.36. The Morgan fingerprint density at radius 2 is 1.74 bits per heavy atom. The first-order valence-electron chi connectivity index (χ1n) is 9.11. The number of benzene rings is 2. The van der Waals surface area contributed by atoms with Crippen LogP contribution in [0.15, 0.2) is 69.0 Å². The molecule has 4 rings (SSSR count). The largest absolute Gasteiger partial charge is 0.409 e. The zero-order valence-electron chi connectivity index (χ0n) is 16.0. The summed E-state index contributed by atoms with van der Waals surface area (Å²) in [5.74, 6) is -0.611. The van der Waals surface area contributed by atoms with Crippen molar-refractivity contribution in [3.05, 3.63) is 70.5 Å². The number of fused-ring (bicyclic) bond motifs is 1. The van der Waals surface area contributed by atoms with E-state index >= 15 is 0 Å². The molecule has 11 heteroatoms. The number of thioether (sulfide) groups is 1. The monoisotopic (exact) mass is 436 g/mol. The van der Waals surface area contributed by atoms with Crippen molar-refractivity contribution in [2.75, 3.05) is 5.75 Å². The smallest absolute Gasteiger partial charge is 0.318 e. The van der Waals surface area contributed by atoms with Gasteiger partial charge in [0.1, 0.15) is 0 Å². The fraction of sp³-hybridized carbons (Fsp3) is 0.100. The van der Waals surface area contributed by atoms with Crippen LogP contribution in [0.4, 0.5) is 4.79 Å². The molecule has 0 bridgehead atoms. The molecule has 31 heavy (non-hydrogen) atoms. The van der Waals surface area contributed by atoms with Gasteiger partial charge in [-0.1, -0.05) is 60.3 Å². The molecule has 2 heterocycles. The predicted octanol–water partition coefficient (Wildman–Crippen LogP) is 1.78. The van der Waals surface area contributed by atoms with Gasteiger partial charge >= 0.3 is 6.03 Å². The molecule has 0 aliphatic rings. The maximum Gasteiger partial charge on any atom is 0.318 e. The SMILES string of the molecule is NC(=O)NC(=O)CSc1nnc(-c2nn(Cc3ccccc3)c(=O)c3ccccc23)o1. The molecule has 2 aromatic heterocycles. The Morgan fingerprint density at radius 1 is 1.03 bits per heavy atom. The van der Waals surface area contributed by atoms with Gasteiger partial charge in [0.15, 0.2) is 5.69 Å². The number of primary amides is 1. The van der Waals surface area contributed by atoms with E-state index in [-0.39, 0.29) is 29.0 Å². The third-order valence-electron chi connectivity index (χ3n) is 4.24. The molecule has 0 saturated heterocycles. The first-order valence-corrected chi connectivity index (χ1v) is 10.1. The minimum Gasteiger partial charge on any atom is -0.409 e. The molecule has 0 atom stereocenters. The molecule has 4 aromatic rings. The van der Waals surface area contributed by atoms with E-state index in [2.05, 4.69) is 15.3 Å². The van der Waals surface area contributed by atoms with Gasteiger partial charge in [-0.3, -0.25) is 14.9 Å². The van der Waals surface area contributed by atoms with Gasteiger partial charge in [0.2, 0.25) is 5.91 Å². The molecule has 0 radical (unpaired) electrons. The molecule has 0 unspecified atom stereocenters. The quantitative estimate of drug-likeness (QED) is 0.435. The third kappa shape index (κ3) is 4.61. The van der Waals surface area contributed by atoms with E-state index in [1.807, 2.05) is 35.6 Å². The Kier molecular flexibility index (Phi) is 5.76. The van der Waals surface area contributed by atoms with Gasteiger partial charge in [0.05, 0.1) is 17.7 Å². The highest BCUT2D eigenvalue weighted by molar-refractivity contribution is 7.99. The summed E-state index contributed by atoms with van der Waals surface area (Å²) in [6.07, 6.45) is 0. The summed E-state index contributed by atoms with van der Waals surface area (Å²) in [6, 6.07) is 15.6. The van der Waals surface area contributed by atoms with Gasteiger partial charge < -0.3 is 10.2 Å². The normalized spacial score (nSPS) is 10.8. The number of hydrogen-bond acceptors (Lipinski definition) is 8. The van der Waals surface area contributed by atoms with Crippen LogP contribution in [0.5, 0.6) is 0 Å². The molecule has 3 N–H and O–H groups in total. The van der Waals surface area contributed by atoms with Gasteiger partial charge in [-0.2, -0.15) is 5.10 Å². The molecule has 156 valence electrons. The second kappa shape index (κ2) is 8.79. The van der Waals surface area contributed by atoms with Crippen molar-refractivity contribution in [1.82, 2.24) is 25.3 Å². The van der Waals surface area contributed by atoms with Crippen molar-refractivity contribution in [3.8, 4) is 11.6 Å². The number of rotatable bonds is 6. The van der Waals surface area contributed by atoms with E-state index in [9.17, 15) is 14.4 Å². The number of carbonyl (C=O) groups excluding carboxylic acids is 2. The minimum atomic E-state index is -0.937. The molecular formula is C20H16N6O4S. The van der Waals surface area contributed by atoms with E-state index in [0.717, 1.165) is 17.3 Å². The topological polar surface area (TPSA) is 146 Å². The Balaban J connectivity index is 1.68. The molecule has 2 aromatic carbocycles. The Bertz CT molecular complexity index is 1320. The standard InChI is InChI=1S/C20H16N6O4S/c21-19(29)22-15(27)11-31-20-24-23-17(30-20)16-13-8-4-5-9-14(13)18(28)26(25-16)10-12-6-2-1-3-7-12/h1-9H,10-11H2,(H3,21,22,27,29). The second-order valence-electron chi connectivity index (χ2n) is 6.42. The summed E-state index contributed by atoms with van der Waals surface area (Å²) in [7, 11) is 0. The Hall–Kier alpha value is -3.99. The van der Waals surface area contributed by atoms with Crippen LogP contribution in [0, 0.1) is 0 Å². The summed E-state index contributed by atoms with van der Waals surface area (Å²) >= 11 is 0.945. The fourth-order valence-electron chi connectivity index (χ4n) is 2.92. The number of imide groups is 1. The highest BCUT2D eigenvalue weighted by Gasteiger charge is 2.18. The van der Waals surface area contributed by atoms with Gasteiger partial charge in [-0.25, -0.2) is 9.48 Å². The number of amides is 3. The maximum absolute atomic E-state index is 12.9. The summed E-state index contributed by atoms with van der Waals surface area (Å²) in [5, 5.41) is 15.5. The van der Waals surface area contributed by atoms with Crippen LogP contribution in [0.2, 0.25) is 0 Å². The second-order valence-corrected chi connectivity index (χ2v) is 7.34. The molecule has 0 saturated carbocycles. The highest BCUT2D eigenvalue weighted by atomic mass is 32.2. The van der Waals surface area contributed by atoms with E-state index in [0.29, 0.717) is 16.5 Å². The van der Waals surface area contributed by atoms with E-state index in [4.69, 9.17) is 10.2 Å². The van der Waals surface area contributed by atoms with Crippen molar-refractivity contribution < 1.29 is 14.0 Å². The van der Waals surface area contributed by atoms with Crippen molar-refractivity contribution >= 4 is 34.5 Å². The Labute approximate surface area is 179 Å². The average molecular weight is 436 g/mol. The lowest BCUT2D eigenvalue weighted by atomic mass is 10.1. The first kappa shape index (κ1) is 20.3. The van der Waals surface area contributed by atoms with Crippen LogP contribution in [0.3, 0.4) is 0 Å². The molecular weight excluding hydrogens is 420 g/mol. The number of aromatic nitrogens is 4. The molecule has 0 aliphatic carbocycles. The van der Waals surface area contributed by atoms with E-state index in [1.165, 1.54) is 4.68 Å². The lowest BCUT2D eigenvalue weighted by molar-refractivity contribution is -0.117. The van der Waals surface area contributed by atoms with Crippen LogP contribution >= 0.6 is 11.8 Å². The first-order chi connectivity index (χ1) is 15.0. The number of carbonyl (C=O) groups is 2. The zero-order chi connectivity index (χ0) is 21.8. The molecule has 10 nitrogen and oxygen atoms in total. The van der Waals surface area contributed by atoms with Crippen molar-refractivity contribution in [2.45, 2.75) is 11.8 Å². The lowest BCUT2D eigenvalue weighted by Gasteiger charge is -2.09. The van der Waals surface area contributed by atoms with Crippen LogP contribution in [-0.2, 0) is 11.3 Å². The average Bonchev–Trinajstić information content (AvgIpc) is 3.23. The van der Waals surface area contributed by atoms with Crippen molar-refractivity contribution in [3.63, 3.8) is 0 Å². The van der Waals surface area contributed by atoms with Gasteiger partial charge in [-0.15, -0.1) is 10.2 Å². The van der Waals surface area contributed by atoms with Gasteiger partial charge in [0, 0.05) is 5.39 Å². The van der Waals surface area contributed by atoms with Crippen molar-refractivity contribution in [2.24, 2.45) is 5.73 Å². The van der Waals surface area contributed by atoms with E-state index < -0.39 is 11.9 Å². The number of nitrogens with two attached hydrogens (primary N) is 1. The molecule has 0 aliphatic heterocycles. The maximum atomic E-state index is 12.9. The third-order valence-corrected chi connectivity index (χ3v) is 5.06. The van der Waals surface area contributed by atoms with Crippen molar-refractivity contribution in [1.29, 1.82) is 0 Å². The van der Waals surface area contributed by atoms with Crippen LogP contribution in [-0.4, -0.2) is 37.7 Å². The fourth-order valence-corrected chi connectivity index (χ4v) is 3.48. The van der Waals surface area contributed by atoms with Crippen LogP contribution < -0.4 is 16.6 Å². The highest BCUT2D eigenvalue weighted by Crippen LogP contribution is 2.26. The number of nitrogens with one attached hydrogen (secondary N) is 1. The summed E-state index contributed by atoms with van der Waals surface area (Å²) in [5.41, 5.74) is 5.94. The van der Waals surface area contributed by atoms with Crippen LogP contribution in [0.1, 0.15) is 5.56 Å². The summed E-state index contributed by atoms with van der Waals surface area (Å²) < 4.78 is 7.00. The van der Waals surface area contributed by atoms with E-state index in [1.54, 1.807) is 24.3 Å². The molecule has 3 amide bonds. The Morgan fingerprint density at radius 3 is 2.48 bits per heavy atom. The molecule has 0 fully saturated rings. The summed E-state index contributed by atoms with van der Waals surface area (Å²) in [6.45, 7) is 0.278. The minimum absolute atomic E-state index is 0.107. The molecule has 0 spiro atoms. The predicted molar refractivity (Wildman–Crippen MR) is 113 cm³/mol. The number of hydrogen-bond donors (Lipinski definition) is 2.